The molecule has 0 spiro atoms. The van der Waals surface area contributed by atoms with Gasteiger partial charge in [0.2, 0.25) is 0 Å². The van der Waals surface area contributed by atoms with Gasteiger partial charge >= 0.3 is 29.6 Å². The molecule has 0 saturated heterocycles. The first-order chi connectivity index (χ1) is 5.95. The number of aryl methyl sites for hydroxylation is 1. The van der Waals surface area contributed by atoms with Crippen LogP contribution in [0.1, 0.15) is 5.56 Å². The standard InChI is InChI=1S/C8H10O4S.Na/c1-6-5-7(12-2)3-4-8(6)13(9,10)11;/h3-5H,1-2H3,(H,9,10,11);/q;+1/p-1. The van der Waals surface area contributed by atoms with E-state index in [1.165, 1.54) is 25.3 Å². The summed E-state index contributed by atoms with van der Waals surface area (Å²) in [5.41, 5.74) is 0.398. The number of ether oxygens (including phenoxy) is 1. The zero-order valence-corrected chi connectivity index (χ0v) is 11.1. The first-order valence-corrected chi connectivity index (χ1v) is 4.96. The van der Waals surface area contributed by atoms with Crippen molar-refractivity contribution in [3.63, 3.8) is 0 Å². The monoisotopic (exact) mass is 224 g/mol. The zero-order chi connectivity index (χ0) is 10.1. The first kappa shape index (κ1) is 13.9. The van der Waals surface area contributed by atoms with Gasteiger partial charge in [0, 0.05) is 0 Å². The maximum absolute atomic E-state index is 10.7. The summed E-state index contributed by atoms with van der Waals surface area (Å²) >= 11 is 0. The van der Waals surface area contributed by atoms with Crippen molar-refractivity contribution in [1.82, 2.24) is 0 Å². The molecule has 0 fully saturated rings. The van der Waals surface area contributed by atoms with Gasteiger partial charge in [-0.05, 0) is 30.7 Å². The van der Waals surface area contributed by atoms with Crippen LogP contribution in [0.5, 0.6) is 5.75 Å². The predicted molar refractivity (Wildman–Crippen MR) is 45.7 cm³/mol. The fraction of sp³-hybridized carbons (Fsp3) is 0.250. The van der Waals surface area contributed by atoms with E-state index in [2.05, 4.69) is 0 Å². The molecule has 0 N–H and O–H groups in total. The second-order valence-electron chi connectivity index (χ2n) is 2.59. The van der Waals surface area contributed by atoms with Crippen molar-refractivity contribution in [3.05, 3.63) is 23.8 Å². The molecule has 72 valence electrons. The van der Waals surface area contributed by atoms with Gasteiger partial charge in [-0.2, -0.15) is 0 Å². The summed E-state index contributed by atoms with van der Waals surface area (Å²) in [6.45, 7) is 1.55. The molecule has 1 aromatic carbocycles. The van der Waals surface area contributed by atoms with Gasteiger partial charge in [0.25, 0.3) is 0 Å². The average Bonchev–Trinajstić information content (AvgIpc) is 2.01. The summed E-state index contributed by atoms with van der Waals surface area (Å²) in [4.78, 5) is -0.201. The van der Waals surface area contributed by atoms with Crippen molar-refractivity contribution in [2.45, 2.75) is 11.8 Å². The van der Waals surface area contributed by atoms with E-state index in [-0.39, 0.29) is 34.5 Å². The third-order valence-electron chi connectivity index (χ3n) is 1.65. The van der Waals surface area contributed by atoms with E-state index >= 15 is 0 Å². The van der Waals surface area contributed by atoms with Crippen molar-refractivity contribution < 1.29 is 47.3 Å². The zero-order valence-electron chi connectivity index (χ0n) is 8.27. The van der Waals surface area contributed by atoms with Gasteiger partial charge in [-0.25, -0.2) is 8.42 Å². The molecule has 1 aromatic rings. The predicted octanol–water partition coefficient (Wildman–Crippen LogP) is -2.09. The van der Waals surface area contributed by atoms with E-state index in [1.54, 1.807) is 6.92 Å². The fourth-order valence-corrected chi connectivity index (χ4v) is 1.72. The third kappa shape index (κ3) is 3.25. The van der Waals surface area contributed by atoms with E-state index in [9.17, 15) is 13.0 Å². The topological polar surface area (TPSA) is 66.4 Å². The van der Waals surface area contributed by atoms with E-state index in [0.29, 0.717) is 11.3 Å². The first-order valence-electron chi connectivity index (χ1n) is 3.55. The number of hydrogen-bond acceptors (Lipinski definition) is 4. The Labute approximate surface area is 105 Å². The van der Waals surface area contributed by atoms with Crippen LogP contribution in [0.25, 0.3) is 0 Å². The summed E-state index contributed by atoms with van der Waals surface area (Å²) < 4.78 is 36.8. The fourth-order valence-electron chi connectivity index (χ4n) is 1.03. The van der Waals surface area contributed by atoms with Crippen LogP contribution in [0, 0.1) is 6.92 Å². The third-order valence-corrected chi connectivity index (χ3v) is 2.65. The minimum Gasteiger partial charge on any atom is -0.744 e. The summed E-state index contributed by atoms with van der Waals surface area (Å²) in [6, 6.07) is 4.19. The van der Waals surface area contributed by atoms with Gasteiger partial charge in [0.15, 0.2) is 0 Å². The molecule has 6 heteroatoms. The summed E-state index contributed by atoms with van der Waals surface area (Å²) in [5.74, 6) is 0.532. The van der Waals surface area contributed by atoms with Crippen LogP contribution < -0.4 is 34.3 Å². The van der Waals surface area contributed by atoms with Crippen LogP contribution in [-0.2, 0) is 10.1 Å². The molecule has 4 nitrogen and oxygen atoms in total. The second-order valence-corrected chi connectivity index (χ2v) is 3.93. The van der Waals surface area contributed by atoms with Crippen molar-refractivity contribution in [2.75, 3.05) is 7.11 Å². The van der Waals surface area contributed by atoms with Crippen LogP contribution in [0.4, 0.5) is 0 Å². The number of methoxy groups -OCH3 is 1. The Morgan fingerprint density at radius 2 is 1.93 bits per heavy atom. The molecule has 0 aliphatic rings. The normalized spacial score (nSPS) is 10.5. The molecule has 0 radical (unpaired) electrons. The minimum absolute atomic E-state index is 0. The smallest absolute Gasteiger partial charge is 0.744 e. The summed E-state index contributed by atoms with van der Waals surface area (Å²) in [5, 5.41) is 0. The van der Waals surface area contributed by atoms with E-state index < -0.39 is 10.1 Å². The largest absolute Gasteiger partial charge is 1.00 e. The molecule has 0 bridgehead atoms. The van der Waals surface area contributed by atoms with E-state index in [4.69, 9.17) is 4.74 Å². The molecule has 0 aromatic heterocycles. The SMILES string of the molecule is COc1ccc(S(=O)(=O)[O-])c(C)c1.[Na+]. The van der Waals surface area contributed by atoms with Crippen LogP contribution in [-0.4, -0.2) is 20.1 Å². The van der Waals surface area contributed by atoms with Gasteiger partial charge in [0.05, 0.1) is 12.0 Å². The molecule has 0 saturated carbocycles. The Bertz CT molecular complexity index is 413. The molecule has 0 amide bonds. The number of benzene rings is 1. The van der Waals surface area contributed by atoms with Gasteiger partial charge in [0.1, 0.15) is 15.9 Å². The van der Waals surface area contributed by atoms with Crippen molar-refractivity contribution >= 4 is 10.1 Å². The van der Waals surface area contributed by atoms with Crippen LogP contribution >= 0.6 is 0 Å². The Hall–Kier alpha value is -0.0700. The Morgan fingerprint density at radius 1 is 1.36 bits per heavy atom. The minimum atomic E-state index is -4.36. The Balaban J connectivity index is 0.00000169. The van der Waals surface area contributed by atoms with Crippen LogP contribution in [0.15, 0.2) is 23.1 Å². The maximum Gasteiger partial charge on any atom is 1.00 e. The van der Waals surface area contributed by atoms with Crippen molar-refractivity contribution in [2.24, 2.45) is 0 Å². The molecule has 1 rings (SSSR count). The van der Waals surface area contributed by atoms with Gasteiger partial charge in [-0.1, -0.05) is 0 Å². The molecule has 0 aliphatic carbocycles. The molecular formula is C8H9NaO4S. The average molecular weight is 224 g/mol. The molecule has 0 heterocycles. The molecule has 14 heavy (non-hydrogen) atoms. The Kier molecular flexibility index (Phi) is 5.11. The second kappa shape index (κ2) is 5.14. The maximum atomic E-state index is 10.7. The van der Waals surface area contributed by atoms with Gasteiger partial charge in [-0.15, -0.1) is 0 Å². The van der Waals surface area contributed by atoms with E-state index in [1.807, 2.05) is 0 Å². The van der Waals surface area contributed by atoms with Crippen LogP contribution in [0.3, 0.4) is 0 Å². The molecular weight excluding hydrogens is 215 g/mol. The van der Waals surface area contributed by atoms with Gasteiger partial charge < -0.3 is 9.29 Å². The quantitative estimate of drug-likeness (QED) is 0.427. The summed E-state index contributed by atoms with van der Waals surface area (Å²) in [6.07, 6.45) is 0. The van der Waals surface area contributed by atoms with E-state index in [0.717, 1.165) is 0 Å². The van der Waals surface area contributed by atoms with Crippen LogP contribution in [0.2, 0.25) is 0 Å². The van der Waals surface area contributed by atoms with Gasteiger partial charge in [-0.3, -0.25) is 0 Å². The number of hydrogen-bond donors (Lipinski definition) is 0. The molecule has 0 unspecified atom stereocenters. The summed E-state index contributed by atoms with van der Waals surface area (Å²) in [7, 11) is -2.89. The van der Waals surface area contributed by atoms with Crippen molar-refractivity contribution in [1.29, 1.82) is 0 Å². The Morgan fingerprint density at radius 3 is 2.29 bits per heavy atom. The van der Waals surface area contributed by atoms with Crippen molar-refractivity contribution in [3.8, 4) is 5.75 Å². The molecule has 0 atom stereocenters. The molecule has 0 aliphatic heterocycles. The number of rotatable bonds is 2.